The molecule has 0 aliphatic heterocycles. The predicted octanol–water partition coefficient (Wildman–Crippen LogP) is 5.61. The molecule has 0 spiro atoms. The monoisotopic (exact) mass is 443 g/mol. The van der Waals surface area contributed by atoms with Gasteiger partial charge in [-0.05, 0) is 54.1 Å². The molecule has 6 nitrogen and oxygen atoms in total. The normalized spacial score (nSPS) is 11.1. The number of aromatic amines is 1. The molecule has 2 heterocycles. The van der Waals surface area contributed by atoms with E-state index in [0.29, 0.717) is 23.5 Å². The van der Waals surface area contributed by atoms with Gasteiger partial charge in [-0.15, -0.1) is 0 Å². The molecule has 0 saturated carbocycles. The highest BCUT2D eigenvalue weighted by Crippen LogP contribution is 2.44. The van der Waals surface area contributed by atoms with Gasteiger partial charge >= 0.3 is 0 Å². The van der Waals surface area contributed by atoms with Gasteiger partial charge in [-0.3, -0.25) is 5.10 Å². The van der Waals surface area contributed by atoms with Gasteiger partial charge in [-0.25, -0.2) is 4.39 Å². The zero-order chi connectivity index (χ0) is 22.9. The van der Waals surface area contributed by atoms with Crippen molar-refractivity contribution >= 4 is 10.9 Å². The van der Waals surface area contributed by atoms with Gasteiger partial charge in [-0.2, -0.15) is 5.10 Å². The van der Waals surface area contributed by atoms with Crippen LogP contribution in [0.2, 0.25) is 0 Å². The minimum atomic E-state index is -0.307. The number of H-pyrrole nitrogens is 1. The molecule has 0 radical (unpaired) electrons. The molecule has 2 N–H and O–H groups in total. The molecule has 3 aromatic carbocycles. The Morgan fingerprint density at radius 2 is 1.67 bits per heavy atom. The third kappa shape index (κ3) is 3.57. The summed E-state index contributed by atoms with van der Waals surface area (Å²) in [5, 5.41) is 19.5. The Bertz CT molecular complexity index is 1420. The minimum Gasteiger partial charge on any atom is -0.497 e. The van der Waals surface area contributed by atoms with Crippen molar-refractivity contribution in [3.63, 3.8) is 0 Å². The van der Waals surface area contributed by atoms with Crippen molar-refractivity contribution in [3.8, 4) is 39.9 Å². The van der Waals surface area contributed by atoms with Crippen LogP contribution in [0.25, 0.3) is 33.4 Å². The Kier molecular flexibility index (Phi) is 5.22. The van der Waals surface area contributed by atoms with Crippen LogP contribution in [0.15, 0.2) is 72.8 Å². The van der Waals surface area contributed by atoms with Crippen LogP contribution in [-0.4, -0.2) is 34.1 Å². The maximum absolute atomic E-state index is 13.5. The number of aromatic hydroxyl groups is 1. The number of ether oxygens (including phenoxy) is 2. The topological polar surface area (TPSA) is 72.3 Å². The van der Waals surface area contributed by atoms with E-state index < -0.39 is 0 Å². The molecule has 2 aromatic heterocycles. The molecule has 0 unspecified atom stereocenters. The Morgan fingerprint density at radius 1 is 0.939 bits per heavy atom. The van der Waals surface area contributed by atoms with Crippen LogP contribution in [-0.2, 0) is 6.54 Å². The number of hydrogen-bond donors (Lipinski definition) is 2. The molecule has 0 saturated heterocycles. The van der Waals surface area contributed by atoms with Gasteiger partial charge in [0.15, 0.2) is 0 Å². The van der Waals surface area contributed by atoms with Crippen LogP contribution in [0.4, 0.5) is 4.39 Å². The van der Waals surface area contributed by atoms with Crippen LogP contribution in [0.5, 0.6) is 17.4 Å². The summed E-state index contributed by atoms with van der Waals surface area (Å²) in [5.41, 5.74) is 4.49. The van der Waals surface area contributed by atoms with Crippen molar-refractivity contribution < 1.29 is 19.0 Å². The van der Waals surface area contributed by atoms with E-state index in [2.05, 4.69) is 10.2 Å². The number of fused-ring (bicyclic) bond motifs is 1. The lowest BCUT2D eigenvalue weighted by Gasteiger charge is -2.14. The Balaban J connectivity index is 1.77. The highest BCUT2D eigenvalue weighted by atomic mass is 19.1. The zero-order valence-electron chi connectivity index (χ0n) is 18.2. The molecular weight excluding hydrogens is 421 g/mol. The fourth-order valence-electron chi connectivity index (χ4n) is 4.11. The van der Waals surface area contributed by atoms with E-state index in [4.69, 9.17) is 9.47 Å². The summed E-state index contributed by atoms with van der Waals surface area (Å²) in [6.07, 6.45) is 0. The summed E-state index contributed by atoms with van der Waals surface area (Å²) in [6, 6.07) is 21.5. The van der Waals surface area contributed by atoms with Crippen molar-refractivity contribution in [3.05, 3.63) is 84.2 Å². The van der Waals surface area contributed by atoms with Gasteiger partial charge in [-0.1, -0.05) is 24.3 Å². The quantitative estimate of drug-likeness (QED) is 0.358. The van der Waals surface area contributed by atoms with E-state index in [1.807, 2.05) is 48.5 Å². The molecule has 166 valence electrons. The van der Waals surface area contributed by atoms with Crippen molar-refractivity contribution in [1.82, 2.24) is 14.8 Å². The SMILES string of the molecule is COc1ccc(-c2n[nH]c3c(O)n(Cc4ccc(F)cc4)c(-c4ccccc4OC)c23)cc1. The fraction of sp³-hybridized carbons (Fsp3) is 0.115. The second-order valence-corrected chi connectivity index (χ2v) is 7.64. The molecule has 0 amide bonds. The number of para-hydroxylation sites is 1. The number of nitrogens with zero attached hydrogens (tertiary/aromatic N) is 2. The maximum Gasteiger partial charge on any atom is 0.218 e. The first kappa shape index (κ1) is 20.6. The zero-order valence-corrected chi connectivity index (χ0v) is 18.2. The summed E-state index contributed by atoms with van der Waals surface area (Å²) in [7, 11) is 3.23. The van der Waals surface area contributed by atoms with Crippen LogP contribution < -0.4 is 9.47 Å². The van der Waals surface area contributed by atoms with Gasteiger partial charge in [0.05, 0.1) is 31.8 Å². The predicted molar refractivity (Wildman–Crippen MR) is 125 cm³/mol. The summed E-state index contributed by atoms with van der Waals surface area (Å²) < 4.78 is 26.2. The number of aromatic nitrogens is 3. The van der Waals surface area contributed by atoms with Gasteiger partial charge in [0, 0.05) is 11.1 Å². The lowest BCUT2D eigenvalue weighted by molar-refractivity contribution is 0.414. The van der Waals surface area contributed by atoms with E-state index >= 15 is 0 Å². The average molecular weight is 443 g/mol. The van der Waals surface area contributed by atoms with E-state index in [-0.39, 0.29) is 11.7 Å². The third-order valence-corrected chi connectivity index (χ3v) is 5.73. The highest BCUT2D eigenvalue weighted by molar-refractivity contribution is 6.07. The van der Waals surface area contributed by atoms with Crippen molar-refractivity contribution in [2.24, 2.45) is 0 Å². The first-order valence-corrected chi connectivity index (χ1v) is 10.4. The minimum absolute atomic E-state index is 0.0440. The standard InChI is InChI=1S/C26H22FN3O3/c1-32-19-13-9-17(10-14-19)23-22-24(29-28-23)26(31)30(15-16-7-11-18(27)12-8-16)25(22)20-5-3-4-6-21(20)33-2/h3-14,29,31H,15H2,1-2H3. The first-order valence-electron chi connectivity index (χ1n) is 10.4. The lowest BCUT2D eigenvalue weighted by atomic mass is 10.0. The number of halogens is 1. The van der Waals surface area contributed by atoms with Crippen molar-refractivity contribution in [1.29, 1.82) is 0 Å². The Labute approximate surface area is 189 Å². The van der Waals surface area contributed by atoms with Crippen LogP contribution in [0, 0.1) is 5.82 Å². The Morgan fingerprint density at radius 3 is 2.36 bits per heavy atom. The molecule has 33 heavy (non-hydrogen) atoms. The third-order valence-electron chi connectivity index (χ3n) is 5.73. The number of nitrogens with one attached hydrogen (secondary N) is 1. The highest BCUT2D eigenvalue weighted by Gasteiger charge is 2.26. The molecule has 0 aliphatic rings. The average Bonchev–Trinajstić information content (AvgIpc) is 3.39. The molecule has 0 fully saturated rings. The molecule has 0 atom stereocenters. The van der Waals surface area contributed by atoms with E-state index in [0.717, 1.165) is 33.5 Å². The molecule has 0 aliphatic carbocycles. The lowest BCUT2D eigenvalue weighted by Crippen LogP contribution is -2.03. The number of methoxy groups -OCH3 is 2. The number of hydrogen-bond acceptors (Lipinski definition) is 4. The molecule has 0 bridgehead atoms. The summed E-state index contributed by atoms with van der Waals surface area (Å²) in [5.74, 6) is 1.15. The van der Waals surface area contributed by atoms with Crippen LogP contribution >= 0.6 is 0 Å². The second kappa shape index (κ2) is 8.35. The Hall–Kier alpha value is -4.26. The van der Waals surface area contributed by atoms with E-state index in [1.54, 1.807) is 30.9 Å². The van der Waals surface area contributed by atoms with Gasteiger partial charge in [0.1, 0.15) is 28.5 Å². The van der Waals surface area contributed by atoms with Crippen molar-refractivity contribution in [2.45, 2.75) is 6.54 Å². The summed E-state index contributed by atoms with van der Waals surface area (Å²) in [6.45, 7) is 0.337. The molecule has 5 aromatic rings. The smallest absolute Gasteiger partial charge is 0.218 e. The largest absolute Gasteiger partial charge is 0.497 e. The second-order valence-electron chi connectivity index (χ2n) is 7.64. The van der Waals surface area contributed by atoms with Crippen LogP contribution in [0.3, 0.4) is 0 Å². The van der Waals surface area contributed by atoms with Crippen molar-refractivity contribution in [2.75, 3.05) is 14.2 Å². The molecule has 5 rings (SSSR count). The maximum atomic E-state index is 13.5. The summed E-state index contributed by atoms with van der Waals surface area (Å²) in [4.78, 5) is 0. The first-order chi connectivity index (χ1) is 16.1. The number of benzene rings is 3. The van der Waals surface area contributed by atoms with Gasteiger partial charge in [0.2, 0.25) is 5.88 Å². The van der Waals surface area contributed by atoms with Gasteiger partial charge < -0.3 is 19.1 Å². The molecular formula is C26H22FN3O3. The number of rotatable bonds is 6. The van der Waals surface area contributed by atoms with Crippen LogP contribution in [0.1, 0.15) is 5.56 Å². The molecule has 7 heteroatoms. The van der Waals surface area contributed by atoms with Gasteiger partial charge in [0.25, 0.3) is 0 Å². The van der Waals surface area contributed by atoms with E-state index in [1.165, 1.54) is 12.1 Å². The summed E-state index contributed by atoms with van der Waals surface area (Å²) >= 11 is 0. The van der Waals surface area contributed by atoms with E-state index in [9.17, 15) is 9.50 Å². The fourth-order valence-corrected chi connectivity index (χ4v) is 4.11.